The molecule has 120 valence electrons. The lowest BCUT2D eigenvalue weighted by Crippen LogP contribution is -2.48. The van der Waals surface area contributed by atoms with Crippen molar-refractivity contribution in [2.45, 2.75) is 38.5 Å². The number of hydrogen-bond acceptors (Lipinski definition) is 4. The molecule has 1 aromatic rings. The number of nitrogens with zero attached hydrogens (tertiary/aromatic N) is 4. The Morgan fingerprint density at radius 3 is 2.50 bits per heavy atom. The van der Waals surface area contributed by atoms with Crippen LogP contribution in [0.25, 0.3) is 0 Å². The van der Waals surface area contributed by atoms with Crippen LogP contribution in [0.15, 0.2) is 6.07 Å². The first-order valence-electron chi connectivity index (χ1n) is 7.58. The van der Waals surface area contributed by atoms with Gasteiger partial charge in [0.25, 0.3) is 5.92 Å². The molecule has 2 fully saturated rings. The van der Waals surface area contributed by atoms with E-state index in [1.807, 2.05) is 17.9 Å². The fraction of sp³-hybridized carbons (Fsp3) is 0.667. The van der Waals surface area contributed by atoms with Gasteiger partial charge < -0.3 is 9.80 Å². The lowest BCUT2D eigenvalue weighted by atomic mass is 9.99. The second kappa shape index (κ2) is 5.44. The molecule has 22 heavy (non-hydrogen) atoms. The van der Waals surface area contributed by atoms with Crippen molar-refractivity contribution in [2.75, 3.05) is 31.1 Å². The van der Waals surface area contributed by atoms with E-state index in [9.17, 15) is 13.6 Å². The third-order valence-corrected chi connectivity index (χ3v) is 4.37. The smallest absolute Gasteiger partial charge is 0.251 e. The number of halogens is 2. The van der Waals surface area contributed by atoms with Gasteiger partial charge in [-0.25, -0.2) is 18.7 Å². The van der Waals surface area contributed by atoms with E-state index in [4.69, 9.17) is 0 Å². The van der Waals surface area contributed by atoms with E-state index >= 15 is 0 Å². The minimum atomic E-state index is -2.56. The van der Waals surface area contributed by atoms with Crippen LogP contribution in [0.3, 0.4) is 0 Å². The maximum absolute atomic E-state index is 13.3. The topological polar surface area (TPSA) is 49.3 Å². The summed E-state index contributed by atoms with van der Waals surface area (Å²) in [6, 6.07) is 1.84. The molecule has 0 unspecified atom stereocenters. The largest absolute Gasteiger partial charge is 0.356 e. The van der Waals surface area contributed by atoms with Gasteiger partial charge in [0.1, 0.15) is 11.6 Å². The van der Waals surface area contributed by atoms with Crippen molar-refractivity contribution >= 4 is 11.7 Å². The van der Waals surface area contributed by atoms with Crippen LogP contribution in [0.4, 0.5) is 14.6 Å². The Morgan fingerprint density at radius 1 is 1.27 bits per heavy atom. The lowest BCUT2D eigenvalue weighted by molar-refractivity contribution is -0.133. The lowest BCUT2D eigenvalue weighted by Gasteiger charge is -2.38. The Balaban J connectivity index is 1.73. The second-order valence-electron chi connectivity index (χ2n) is 6.19. The SMILES string of the molecule is CC(=O)N1CC(c2nc(C)cc(N3CCC(F)(F)CC3)n2)C1. The molecule has 3 rings (SSSR count). The summed E-state index contributed by atoms with van der Waals surface area (Å²) in [5.41, 5.74) is 0.832. The van der Waals surface area contributed by atoms with Gasteiger partial charge in [-0.15, -0.1) is 0 Å². The maximum Gasteiger partial charge on any atom is 0.251 e. The minimum Gasteiger partial charge on any atom is -0.356 e. The Kier molecular flexibility index (Phi) is 3.74. The van der Waals surface area contributed by atoms with Crippen LogP contribution in [0, 0.1) is 6.92 Å². The highest BCUT2D eigenvalue weighted by Gasteiger charge is 2.36. The normalized spacial score (nSPS) is 21.6. The Bertz CT molecular complexity index is 577. The molecular weight excluding hydrogens is 290 g/mol. The molecule has 2 aliphatic rings. The molecule has 0 aromatic carbocycles. The number of rotatable bonds is 2. The van der Waals surface area contributed by atoms with E-state index in [1.54, 1.807) is 11.8 Å². The Hall–Kier alpha value is -1.79. The fourth-order valence-corrected chi connectivity index (χ4v) is 2.88. The van der Waals surface area contributed by atoms with Crippen molar-refractivity contribution in [3.63, 3.8) is 0 Å². The molecule has 0 N–H and O–H groups in total. The number of anilines is 1. The summed E-state index contributed by atoms with van der Waals surface area (Å²) in [4.78, 5) is 23.9. The Morgan fingerprint density at radius 2 is 1.91 bits per heavy atom. The minimum absolute atomic E-state index is 0.0578. The second-order valence-corrected chi connectivity index (χ2v) is 6.19. The summed E-state index contributed by atoms with van der Waals surface area (Å²) >= 11 is 0. The molecular formula is C15H20F2N4O. The van der Waals surface area contributed by atoms with Gasteiger partial charge in [-0.3, -0.25) is 4.79 Å². The van der Waals surface area contributed by atoms with Gasteiger partial charge in [0, 0.05) is 57.7 Å². The van der Waals surface area contributed by atoms with Crippen LogP contribution in [0.1, 0.15) is 37.2 Å². The van der Waals surface area contributed by atoms with Gasteiger partial charge in [0.2, 0.25) is 5.91 Å². The van der Waals surface area contributed by atoms with Crippen LogP contribution in [0.2, 0.25) is 0 Å². The van der Waals surface area contributed by atoms with Gasteiger partial charge in [-0.2, -0.15) is 0 Å². The highest BCUT2D eigenvalue weighted by atomic mass is 19.3. The first kappa shape index (κ1) is 15.1. The summed E-state index contributed by atoms with van der Waals surface area (Å²) in [5, 5.41) is 0. The molecule has 3 heterocycles. The standard InChI is InChI=1S/C15H20F2N4O/c1-10-7-13(20-5-3-15(16,17)4-6-20)19-14(18-10)12-8-21(9-12)11(2)22/h7,12H,3-6,8-9H2,1-2H3. The van der Waals surface area contributed by atoms with Crippen LogP contribution >= 0.6 is 0 Å². The van der Waals surface area contributed by atoms with Gasteiger partial charge in [0.15, 0.2) is 0 Å². The molecule has 2 aliphatic heterocycles. The van der Waals surface area contributed by atoms with Crippen LogP contribution in [-0.2, 0) is 4.79 Å². The molecule has 5 nitrogen and oxygen atoms in total. The zero-order chi connectivity index (χ0) is 15.9. The van der Waals surface area contributed by atoms with Crippen molar-refractivity contribution in [1.29, 1.82) is 0 Å². The third-order valence-electron chi connectivity index (χ3n) is 4.37. The van der Waals surface area contributed by atoms with Crippen LogP contribution in [-0.4, -0.2) is 52.9 Å². The highest BCUT2D eigenvalue weighted by Crippen LogP contribution is 2.31. The van der Waals surface area contributed by atoms with Crippen molar-refractivity contribution in [3.05, 3.63) is 17.6 Å². The molecule has 7 heteroatoms. The highest BCUT2D eigenvalue weighted by molar-refractivity contribution is 5.74. The number of aromatic nitrogens is 2. The molecule has 0 atom stereocenters. The summed E-state index contributed by atoms with van der Waals surface area (Å²) < 4.78 is 26.5. The molecule has 0 bridgehead atoms. The summed E-state index contributed by atoms with van der Waals surface area (Å²) in [5.74, 6) is -0.919. The van der Waals surface area contributed by atoms with Gasteiger partial charge in [0.05, 0.1) is 5.92 Å². The van der Waals surface area contributed by atoms with E-state index in [0.29, 0.717) is 32.0 Å². The third kappa shape index (κ3) is 3.03. The zero-order valence-electron chi connectivity index (χ0n) is 12.9. The van der Waals surface area contributed by atoms with Crippen molar-refractivity contribution in [1.82, 2.24) is 14.9 Å². The predicted molar refractivity (Wildman–Crippen MR) is 78.2 cm³/mol. The fourth-order valence-electron chi connectivity index (χ4n) is 2.88. The molecule has 0 radical (unpaired) electrons. The first-order valence-corrected chi connectivity index (χ1v) is 7.58. The van der Waals surface area contributed by atoms with Gasteiger partial charge in [-0.1, -0.05) is 0 Å². The van der Waals surface area contributed by atoms with Crippen molar-refractivity contribution in [3.8, 4) is 0 Å². The summed E-state index contributed by atoms with van der Waals surface area (Å²) in [7, 11) is 0. The van der Waals surface area contributed by atoms with E-state index in [2.05, 4.69) is 9.97 Å². The number of carbonyl (C=O) groups excluding carboxylic acids is 1. The summed E-state index contributed by atoms with van der Waals surface area (Å²) in [6.07, 6.45) is -0.264. The van der Waals surface area contributed by atoms with Crippen molar-refractivity contribution < 1.29 is 13.6 Å². The molecule has 0 spiro atoms. The molecule has 1 aromatic heterocycles. The Labute approximate surface area is 128 Å². The predicted octanol–water partition coefficient (Wildman–Crippen LogP) is 1.97. The van der Waals surface area contributed by atoms with E-state index in [1.165, 1.54) is 0 Å². The first-order chi connectivity index (χ1) is 10.3. The molecule has 2 saturated heterocycles. The number of piperidine rings is 1. The average Bonchev–Trinajstić information content (AvgIpc) is 2.35. The number of amides is 1. The average molecular weight is 310 g/mol. The quantitative estimate of drug-likeness (QED) is 0.838. The number of alkyl halides is 2. The van der Waals surface area contributed by atoms with Gasteiger partial charge >= 0.3 is 0 Å². The monoisotopic (exact) mass is 310 g/mol. The number of hydrogen-bond donors (Lipinski definition) is 0. The van der Waals surface area contributed by atoms with Crippen LogP contribution < -0.4 is 4.90 Å². The van der Waals surface area contributed by atoms with E-state index in [0.717, 1.165) is 11.5 Å². The van der Waals surface area contributed by atoms with E-state index < -0.39 is 5.92 Å². The van der Waals surface area contributed by atoms with Crippen molar-refractivity contribution in [2.24, 2.45) is 0 Å². The van der Waals surface area contributed by atoms with E-state index in [-0.39, 0.29) is 24.7 Å². The van der Waals surface area contributed by atoms with Crippen LogP contribution in [0.5, 0.6) is 0 Å². The number of carbonyl (C=O) groups is 1. The van der Waals surface area contributed by atoms with Gasteiger partial charge in [-0.05, 0) is 6.92 Å². The number of aryl methyl sites for hydroxylation is 1. The zero-order valence-corrected chi connectivity index (χ0v) is 12.9. The maximum atomic E-state index is 13.3. The molecule has 1 amide bonds. The molecule has 0 saturated carbocycles. The molecule has 0 aliphatic carbocycles. The summed E-state index contributed by atoms with van der Waals surface area (Å²) in [6.45, 7) is 5.33. The number of likely N-dealkylation sites (tertiary alicyclic amines) is 1.